The van der Waals surface area contributed by atoms with E-state index in [1.807, 2.05) is 72.8 Å². The molecular formula is C25H23NO4. The van der Waals surface area contributed by atoms with Gasteiger partial charge >= 0.3 is 11.9 Å². The van der Waals surface area contributed by atoms with Crippen molar-refractivity contribution in [2.75, 3.05) is 14.2 Å². The third kappa shape index (κ3) is 4.81. The van der Waals surface area contributed by atoms with Crippen molar-refractivity contribution in [1.29, 1.82) is 0 Å². The van der Waals surface area contributed by atoms with Crippen LogP contribution in [0.4, 0.5) is 0 Å². The second kappa shape index (κ2) is 10.2. The number of methoxy groups -OCH3 is 2. The summed E-state index contributed by atoms with van der Waals surface area (Å²) in [6.07, 6.45) is 3.53. The van der Waals surface area contributed by atoms with Crippen LogP contribution >= 0.6 is 0 Å². The molecule has 0 aliphatic rings. The number of carbonyl (C=O) groups excluding carboxylic acids is 2. The number of hydrogen-bond acceptors (Lipinski definition) is 5. The maximum atomic E-state index is 12.6. The largest absolute Gasteiger partial charge is 0.468 e. The molecule has 0 bridgehead atoms. The molecule has 2 aromatic carbocycles. The normalized spacial score (nSPS) is 11.4. The van der Waals surface area contributed by atoms with Crippen LogP contribution in [0, 0.1) is 5.92 Å². The predicted octanol–water partition coefficient (Wildman–Crippen LogP) is 4.26. The minimum Gasteiger partial charge on any atom is -0.468 e. The van der Waals surface area contributed by atoms with Gasteiger partial charge in [0.1, 0.15) is 0 Å². The molecule has 1 heterocycles. The molecule has 3 aromatic rings. The van der Waals surface area contributed by atoms with E-state index < -0.39 is 23.8 Å². The number of hydrogen-bond donors (Lipinski definition) is 0. The molecule has 0 aliphatic carbocycles. The molecule has 1 atom stereocenters. The molecule has 0 radical (unpaired) electrons. The van der Waals surface area contributed by atoms with Crippen molar-refractivity contribution in [3.8, 4) is 0 Å². The first kappa shape index (κ1) is 21.0. The molecule has 0 N–H and O–H groups in total. The summed E-state index contributed by atoms with van der Waals surface area (Å²) in [6, 6.07) is 25.0. The van der Waals surface area contributed by atoms with Gasteiger partial charge < -0.3 is 9.47 Å². The Balaban J connectivity index is 2.23. The lowest BCUT2D eigenvalue weighted by Gasteiger charge is -2.22. The molecule has 0 saturated carbocycles. The van der Waals surface area contributed by atoms with Gasteiger partial charge in [0.25, 0.3) is 0 Å². The van der Waals surface area contributed by atoms with Crippen LogP contribution in [0.15, 0.2) is 91.1 Å². The van der Waals surface area contributed by atoms with Crippen LogP contribution in [0.1, 0.15) is 22.7 Å². The number of allylic oxidation sites excluding steroid dienone is 1. The van der Waals surface area contributed by atoms with Gasteiger partial charge in [-0.2, -0.15) is 0 Å². The Morgan fingerprint density at radius 1 is 0.767 bits per heavy atom. The number of ether oxygens (including phenoxy) is 2. The van der Waals surface area contributed by atoms with E-state index >= 15 is 0 Å². The van der Waals surface area contributed by atoms with Crippen molar-refractivity contribution >= 4 is 17.5 Å². The summed E-state index contributed by atoms with van der Waals surface area (Å²) in [5.74, 6) is -3.21. The topological polar surface area (TPSA) is 65.5 Å². The zero-order valence-electron chi connectivity index (χ0n) is 16.9. The Hall–Kier alpha value is -3.73. The van der Waals surface area contributed by atoms with Crippen LogP contribution in [-0.2, 0) is 19.1 Å². The molecule has 0 spiro atoms. The second-order valence-corrected chi connectivity index (χ2v) is 6.62. The number of carbonyl (C=O) groups is 2. The minimum atomic E-state index is -1.18. The van der Waals surface area contributed by atoms with Crippen molar-refractivity contribution in [2.24, 2.45) is 5.92 Å². The third-order valence-electron chi connectivity index (χ3n) is 4.81. The van der Waals surface area contributed by atoms with Crippen LogP contribution in [0.2, 0.25) is 0 Å². The Bertz CT molecular complexity index is 944. The van der Waals surface area contributed by atoms with Gasteiger partial charge in [0.2, 0.25) is 0 Å². The molecule has 1 unspecified atom stereocenters. The van der Waals surface area contributed by atoms with E-state index in [1.54, 1.807) is 18.3 Å². The highest BCUT2D eigenvalue weighted by atomic mass is 16.5. The Labute approximate surface area is 176 Å². The molecular weight excluding hydrogens is 378 g/mol. The molecule has 30 heavy (non-hydrogen) atoms. The Morgan fingerprint density at radius 3 is 1.70 bits per heavy atom. The number of benzene rings is 2. The van der Waals surface area contributed by atoms with Crippen LogP contribution < -0.4 is 0 Å². The van der Waals surface area contributed by atoms with Gasteiger partial charge in [-0.1, -0.05) is 72.8 Å². The summed E-state index contributed by atoms with van der Waals surface area (Å²) in [5, 5.41) is 0. The van der Waals surface area contributed by atoms with E-state index in [1.165, 1.54) is 14.2 Å². The fourth-order valence-electron chi connectivity index (χ4n) is 3.34. The average Bonchev–Trinajstić information content (AvgIpc) is 2.82. The fourth-order valence-corrected chi connectivity index (χ4v) is 3.34. The maximum absolute atomic E-state index is 12.6. The summed E-state index contributed by atoms with van der Waals surface area (Å²) in [6.45, 7) is 0. The molecule has 0 aliphatic heterocycles. The summed E-state index contributed by atoms with van der Waals surface area (Å²) in [4.78, 5) is 29.6. The smallest absolute Gasteiger partial charge is 0.321 e. The van der Waals surface area contributed by atoms with Crippen molar-refractivity contribution in [2.45, 2.75) is 5.92 Å². The van der Waals surface area contributed by atoms with Gasteiger partial charge in [0.15, 0.2) is 5.92 Å². The number of rotatable bonds is 7. The van der Waals surface area contributed by atoms with Crippen LogP contribution in [0.3, 0.4) is 0 Å². The Kier molecular flexibility index (Phi) is 7.11. The lowest BCUT2D eigenvalue weighted by atomic mass is 9.84. The zero-order chi connectivity index (χ0) is 21.3. The highest BCUT2D eigenvalue weighted by molar-refractivity contribution is 5.97. The summed E-state index contributed by atoms with van der Waals surface area (Å²) >= 11 is 0. The lowest BCUT2D eigenvalue weighted by Crippen LogP contribution is -2.32. The molecule has 0 fully saturated rings. The average molecular weight is 401 g/mol. The predicted molar refractivity (Wildman–Crippen MR) is 114 cm³/mol. The lowest BCUT2D eigenvalue weighted by molar-refractivity contribution is -0.159. The van der Waals surface area contributed by atoms with Gasteiger partial charge in [0.05, 0.1) is 14.2 Å². The maximum Gasteiger partial charge on any atom is 0.321 e. The molecule has 1 aromatic heterocycles. The zero-order valence-corrected chi connectivity index (χ0v) is 16.9. The van der Waals surface area contributed by atoms with Gasteiger partial charge in [0, 0.05) is 17.8 Å². The van der Waals surface area contributed by atoms with E-state index in [0.717, 1.165) is 16.7 Å². The number of aromatic nitrogens is 1. The molecule has 0 saturated heterocycles. The van der Waals surface area contributed by atoms with Crippen molar-refractivity contribution < 1.29 is 19.1 Å². The standard InChI is InChI=1S/C25H23NO4/c1-29-24(27)23(25(28)30-2)21(22-15-9-10-16-26-22)17-20(18-11-5-3-6-12-18)19-13-7-4-8-14-19/h3-17,21,23H,1-2H3. The van der Waals surface area contributed by atoms with E-state index in [2.05, 4.69) is 4.98 Å². The summed E-state index contributed by atoms with van der Waals surface area (Å²) in [7, 11) is 2.51. The van der Waals surface area contributed by atoms with E-state index in [-0.39, 0.29) is 0 Å². The van der Waals surface area contributed by atoms with Crippen LogP contribution in [-0.4, -0.2) is 31.1 Å². The monoisotopic (exact) mass is 401 g/mol. The molecule has 5 nitrogen and oxygen atoms in total. The van der Waals surface area contributed by atoms with Gasteiger partial charge in [-0.25, -0.2) is 0 Å². The first-order chi connectivity index (χ1) is 14.7. The molecule has 5 heteroatoms. The highest BCUT2D eigenvalue weighted by Crippen LogP contribution is 2.33. The van der Waals surface area contributed by atoms with Gasteiger partial charge in [-0.3, -0.25) is 14.6 Å². The van der Waals surface area contributed by atoms with Crippen LogP contribution in [0.25, 0.3) is 5.57 Å². The fraction of sp³-hybridized carbons (Fsp3) is 0.160. The minimum absolute atomic E-state index is 0.572. The Morgan fingerprint density at radius 2 is 1.27 bits per heavy atom. The van der Waals surface area contributed by atoms with Gasteiger partial charge in [-0.15, -0.1) is 0 Å². The van der Waals surface area contributed by atoms with E-state index in [0.29, 0.717) is 5.69 Å². The van der Waals surface area contributed by atoms with Crippen molar-refractivity contribution in [3.05, 3.63) is 108 Å². The van der Waals surface area contributed by atoms with Gasteiger partial charge in [-0.05, 0) is 28.8 Å². The first-order valence-corrected chi connectivity index (χ1v) is 9.55. The SMILES string of the molecule is COC(=O)C(C(=O)OC)C(C=C(c1ccccc1)c1ccccc1)c1ccccn1. The second-order valence-electron chi connectivity index (χ2n) is 6.62. The summed E-state index contributed by atoms with van der Waals surface area (Å²) in [5.41, 5.74) is 3.36. The number of pyridine rings is 1. The van der Waals surface area contributed by atoms with Crippen molar-refractivity contribution in [3.63, 3.8) is 0 Å². The van der Waals surface area contributed by atoms with E-state index in [9.17, 15) is 9.59 Å². The third-order valence-corrected chi connectivity index (χ3v) is 4.81. The molecule has 0 amide bonds. The first-order valence-electron chi connectivity index (χ1n) is 9.55. The highest BCUT2D eigenvalue weighted by Gasteiger charge is 2.38. The van der Waals surface area contributed by atoms with E-state index in [4.69, 9.17) is 9.47 Å². The number of nitrogens with zero attached hydrogens (tertiary/aromatic N) is 1. The van der Waals surface area contributed by atoms with Crippen molar-refractivity contribution in [1.82, 2.24) is 4.98 Å². The quantitative estimate of drug-likeness (QED) is 0.437. The molecule has 3 rings (SSSR count). The summed E-state index contributed by atoms with van der Waals surface area (Å²) < 4.78 is 9.87. The number of esters is 2. The van der Waals surface area contributed by atoms with Crippen LogP contribution in [0.5, 0.6) is 0 Å². The molecule has 152 valence electrons.